The third-order valence-electron chi connectivity index (χ3n) is 3.25. The van der Waals surface area contributed by atoms with E-state index in [1.807, 2.05) is 6.92 Å². The largest absolute Gasteiger partial charge is 0.743 e. The number of carbonyl (C=O) groups is 1. The lowest BCUT2D eigenvalue weighted by molar-refractivity contribution is -0.382. The second kappa shape index (κ2) is 8.98. The molecule has 0 saturated heterocycles. The molecular weight excluding hydrogens is 455 g/mol. The molecule has 1 unspecified atom stereocenters. The molecule has 0 bridgehead atoms. The van der Waals surface area contributed by atoms with E-state index >= 15 is 0 Å². The van der Waals surface area contributed by atoms with Crippen LogP contribution >= 0.6 is 0 Å². The highest BCUT2D eigenvalue weighted by Crippen LogP contribution is 2.54. The number of halogens is 9. The summed E-state index contributed by atoms with van der Waals surface area (Å²) in [6.07, 6.45) is -4.30. The first-order valence-corrected chi connectivity index (χ1v) is 10.4. The van der Waals surface area contributed by atoms with Crippen molar-refractivity contribution in [2.75, 3.05) is 12.0 Å². The first-order valence-electron chi connectivity index (χ1n) is 7.17. The first-order chi connectivity index (χ1) is 11.9. The van der Waals surface area contributed by atoms with E-state index in [1.165, 1.54) is 0 Å². The highest BCUT2D eigenvalue weighted by Gasteiger charge is 2.83. The molecule has 4 nitrogen and oxygen atoms in total. The molecule has 28 heavy (non-hydrogen) atoms. The van der Waals surface area contributed by atoms with Crippen LogP contribution in [-0.4, -0.2) is 58.8 Å². The van der Waals surface area contributed by atoms with Crippen LogP contribution in [-0.2, 0) is 25.8 Å². The summed E-state index contributed by atoms with van der Waals surface area (Å²) in [4.78, 5) is 11.1. The maximum Gasteiger partial charge on any atom is 0.460 e. The molecule has 15 heteroatoms. The number of ketones is 1. The molecule has 0 N–H and O–H groups in total. The minimum Gasteiger partial charge on any atom is -0.743 e. The molecule has 170 valence electrons. The number of hydrogen-bond donors (Lipinski definition) is 0. The van der Waals surface area contributed by atoms with Crippen molar-refractivity contribution < 1.29 is 57.3 Å². The summed E-state index contributed by atoms with van der Waals surface area (Å²) in [6.45, 7) is 8.51. The van der Waals surface area contributed by atoms with Gasteiger partial charge in [0.05, 0.1) is 6.26 Å². The van der Waals surface area contributed by atoms with Crippen LogP contribution < -0.4 is 0 Å². The molecule has 0 aliphatic carbocycles. The van der Waals surface area contributed by atoms with Crippen molar-refractivity contribution in [2.24, 2.45) is 0 Å². The highest BCUT2D eigenvalue weighted by atomic mass is 32.2. The van der Waals surface area contributed by atoms with E-state index in [0.717, 1.165) is 5.75 Å². The Balaban J connectivity index is 0. The number of alkyl halides is 9. The number of hydrogen-bond acceptors (Lipinski definition) is 4. The lowest BCUT2D eigenvalue weighted by atomic mass is 10.1. The Labute approximate surface area is 158 Å². The van der Waals surface area contributed by atoms with Gasteiger partial charge in [0.15, 0.2) is 21.7 Å². The van der Waals surface area contributed by atoms with Crippen LogP contribution in [0, 0.1) is 0 Å². The fourth-order valence-electron chi connectivity index (χ4n) is 1.08. The van der Waals surface area contributed by atoms with Crippen LogP contribution in [0.3, 0.4) is 0 Å². The van der Waals surface area contributed by atoms with E-state index in [0.29, 0.717) is 17.0 Å². The maximum atomic E-state index is 12.2. The lowest BCUT2D eigenvalue weighted by Crippen LogP contribution is -2.63. The second-order valence-electron chi connectivity index (χ2n) is 6.40. The lowest BCUT2D eigenvalue weighted by Gasteiger charge is -2.34. The summed E-state index contributed by atoms with van der Waals surface area (Å²) in [5, 5.41) is -7.11. The van der Waals surface area contributed by atoms with Crippen molar-refractivity contribution in [3.8, 4) is 0 Å². The molecule has 0 saturated carbocycles. The average molecular weight is 474 g/mol. The van der Waals surface area contributed by atoms with Crippen LogP contribution in [0.25, 0.3) is 0 Å². The van der Waals surface area contributed by atoms with Gasteiger partial charge in [0.2, 0.25) is 0 Å². The summed E-state index contributed by atoms with van der Waals surface area (Å²) in [7, 11) is -7.18. The molecule has 0 aliphatic heterocycles. The maximum absolute atomic E-state index is 12.2. The predicted octanol–water partition coefficient (Wildman–Crippen LogP) is 3.97. The predicted molar refractivity (Wildman–Crippen MR) is 83.8 cm³/mol. The molecule has 0 spiro atoms. The van der Waals surface area contributed by atoms with Gasteiger partial charge in [-0.2, -0.15) is 39.5 Å². The number of rotatable bonds is 6. The molecule has 0 aromatic heterocycles. The van der Waals surface area contributed by atoms with E-state index in [9.17, 15) is 57.3 Å². The zero-order valence-corrected chi connectivity index (χ0v) is 16.9. The van der Waals surface area contributed by atoms with Gasteiger partial charge < -0.3 is 4.55 Å². The van der Waals surface area contributed by atoms with E-state index in [-0.39, 0.29) is 10.9 Å². The molecule has 0 rings (SSSR count). The van der Waals surface area contributed by atoms with Crippen molar-refractivity contribution in [1.82, 2.24) is 0 Å². The van der Waals surface area contributed by atoms with Gasteiger partial charge in [-0.05, 0) is 31.7 Å². The van der Waals surface area contributed by atoms with E-state index < -0.39 is 33.4 Å². The third kappa shape index (κ3) is 6.68. The zero-order valence-electron chi connectivity index (χ0n) is 15.3. The molecule has 0 heterocycles. The highest BCUT2D eigenvalue weighted by molar-refractivity contribution is 7.98. The van der Waals surface area contributed by atoms with E-state index in [2.05, 4.69) is 27.0 Å². The summed E-state index contributed by atoms with van der Waals surface area (Å²) in [6, 6.07) is 0. The van der Waals surface area contributed by atoms with Crippen molar-refractivity contribution in [2.45, 2.75) is 62.1 Å². The zero-order chi connectivity index (χ0) is 23.6. The minimum atomic E-state index is -7.43. The van der Waals surface area contributed by atoms with Crippen molar-refractivity contribution in [3.63, 3.8) is 0 Å². The summed E-state index contributed by atoms with van der Waals surface area (Å²) in [5.74, 6) is -13.7. The quantitative estimate of drug-likeness (QED) is 0.332. The van der Waals surface area contributed by atoms with Crippen LogP contribution in [0.5, 0.6) is 0 Å². The van der Waals surface area contributed by atoms with Gasteiger partial charge in [-0.3, -0.25) is 4.79 Å². The molecule has 0 aromatic carbocycles. The molecule has 0 aromatic rings. The van der Waals surface area contributed by atoms with Crippen LogP contribution in [0.1, 0.15) is 34.1 Å². The topological polar surface area (TPSA) is 74.3 Å². The Hall–Kier alpha value is -0.700. The van der Waals surface area contributed by atoms with Gasteiger partial charge in [0, 0.05) is 6.42 Å². The van der Waals surface area contributed by atoms with Crippen molar-refractivity contribution in [1.29, 1.82) is 0 Å². The second-order valence-corrected chi connectivity index (χ2v) is 10.6. The van der Waals surface area contributed by atoms with Crippen molar-refractivity contribution in [3.05, 3.63) is 0 Å². The molecular formula is C13H19F9O4S2. The third-order valence-corrected chi connectivity index (χ3v) is 6.98. The Morgan fingerprint density at radius 1 is 0.893 bits per heavy atom. The average Bonchev–Trinajstić information content (AvgIpc) is 2.43. The molecule has 0 aliphatic rings. The first kappa shape index (κ1) is 29.5. The van der Waals surface area contributed by atoms with Crippen molar-refractivity contribution >= 4 is 26.8 Å². The summed E-state index contributed by atoms with van der Waals surface area (Å²) >= 11 is 0. The Morgan fingerprint density at radius 2 is 1.25 bits per heavy atom. The SMILES string of the molecule is CCC(=O)C[S+](C)C(C)(C)C.O=S(=O)([O-])C(F)(F)C(F)(F)C(F)(F)C(F)(F)F. The smallest absolute Gasteiger partial charge is 0.460 e. The van der Waals surface area contributed by atoms with Gasteiger partial charge in [-0.1, -0.05) is 6.92 Å². The van der Waals surface area contributed by atoms with Crippen LogP contribution in [0.2, 0.25) is 0 Å². The van der Waals surface area contributed by atoms with E-state index in [4.69, 9.17) is 0 Å². The summed E-state index contributed by atoms with van der Waals surface area (Å²) < 4.78 is 136. The van der Waals surface area contributed by atoms with Gasteiger partial charge in [0.1, 0.15) is 4.75 Å². The normalized spacial score (nSPS) is 15.5. The Bertz CT molecular complexity index is 637. The minimum absolute atomic E-state index is 0.233. The Morgan fingerprint density at radius 3 is 1.46 bits per heavy atom. The monoisotopic (exact) mass is 474 g/mol. The fourth-order valence-corrected chi connectivity index (χ4v) is 2.64. The fraction of sp³-hybridized carbons (Fsp3) is 0.923. The van der Waals surface area contributed by atoms with Gasteiger partial charge >= 0.3 is 23.3 Å². The standard InChI is InChI=1S/C9H19OS.C4HF9O3S/c1-6-8(10)7-11(5)9(2,3)4;5-1(6,3(9,10)11)2(7,8)4(12,13)17(14,15)16/h6-7H2,1-5H3;(H,14,15,16)/q+1;/p-1. The molecule has 1 atom stereocenters. The molecule has 0 amide bonds. The van der Waals surface area contributed by atoms with Gasteiger partial charge in [-0.25, -0.2) is 8.42 Å². The number of carbonyl (C=O) groups excluding carboxylic acids is 1. The summed E-state index contributed by atoms with van der Waals surface area (Å²) in [5.41, 5.74) is 0. The van der Waals surface area contributed by atoms with Crippen LogP contribution in [0.4, 0.5) is 39.5 Å². The molecule has 0 fully saturated rings. The van der Waals surface area contributed by atoms with Gasteiger partial charge in [0.25, 0.3) is 0 Å². The number of Topliss-reactive ketones (excluding diaryl/α,β-unsaturated/α-hetero) is 1. The molecule has 0 radical (unpaired) electrons. The van der Waals surface area contributed by atoms with E-state index in [1.54, 1.807) is 0 Å². The van der Waals surface area contributed by atoms with Crippen LogP contribution in [0.15, 0.2) is 0 Å². The Kier molecular flexibility index (Phi) is 9.46. The van der Waals surface area contributed by atoms with Gasteiger partial charge in [-0.15, -0.1) is 0 Å².